The van der Waals surface area contributed by atoms with Gasteiger partial charge in [0.1, 0.15) is 17.3 Å². The molecule has 0 aliphatic carbocycles. The van der Waals surface area contributed by atoms with Crippen LogP contribution in [0.25, 0.3) is 11.3 Å². The number of anilines is 1. The largest absolute Gasteiger partial charge is 0.496 e. The molecule has 0 aliphatic rings. The van der Waals surface area contributed by atoms with Crippen LogP contribution in [0.2, 0.25) is 5.02 Å². The summed E-state index contributed by atoms with van der Waals surface area (Å²) < 4.78 is 18.2. The molecule has 122 valence electrons. The number of rotatable bonds is 4. The summed E-state index contributed by atoms with van der Waals surface area (Å²) in [5, 5.41) is 9.99. The zero-order valence-corrected chi connectivity index (χ0v) is 13.4. The Bertz CT molecular complexity index is 878. The number of carbonyl (C=O) groups is 1. The van der Waals surface area contributed by atoms with Crippen LogP contribution in [0.5, 0.6) is 5.75 Å². The van der Waals surface area contributed by atoms with Gasteiger partial charge in [0, 0.05) is 16.3 Å². The summed E-state index contributed by atoms with van der Waals surface area (Å²) in [4.78, 5) is 12.2. The average molecular weight is 346 g/mol. The number of ether oxygens (including phenoxy) is 1. The summed E-state index contributed by atoms with van der Waals surface area (Å²) in [6, 6.07) is 12.2. The monoisotopic (exact) mass is 345 g/mol. The Morgan fingerprint density at radius 3 is 2.67 bits per heavy atom. The Hall–Kier alpha value is -2.86. The van der Waals surface area contributed by atoms with Gasteiger partial charge in [0.05, 0.1) is 12.8 Å². The molecule has 0 spiro atoms. The third kappa shape index (κ3) is 3.38. The minimum Gasteiger partial charge on any atom is -0.496 e. The second kappa shape index (κ2) is 6.72. The van der Waals surface area contributed by atoms with E-state index in [4.69, 9.17) is 16.3 Å². The van der Waals surface area contributed by atoms with E-state index in [1.807, 2.05) is 0 Å². The number of hydrogen-bond acceptors (Lipinski definition) is 3. The van der Waals surface area contributed by atoms with Gasteiger partial charge in [-0.1, -0.05) is 11.6 Å². The molecule has 1 amide bonds. The van der Waals surface area contributed by atoms with Gasteiger partial charge in [0.15, 0.2) is 0 Å². The van der Waals surface area contributed by atoms with Gasteiger partial charge in [-0.2, -0.15) is 5.10 Å². The molecule has 0 saturated heterocycles. The summed E-state index contributed by atoms with van der Waals surface area (Å²) in [5.74, 6) is -0.164. The minimum absolute atomic E-state index is 0.261. The van der Waals surface area contributed by atoms with E-state index < -0.39 is 0 Å². The summed E-state index contributed by atoms with van der Waals surface area (Å²) in [6.07, 6.45) is 0. The van der Waals surface area contributed by atoms with Gasteiger partial charge in [-0.3, -0.25) is 9.89 Å². The maximum Gasteiger partial charge on any atom is 0.273 e. The topological polar surface area (TPSA) is 67.0 Å². The van der Waals surface area contributed by atoms with Crippen LogP contribution in [-0.4, -0.2) is 23.2 Å². The molecule has 0 atom stereocenters. The molecule has 0 saturated carbocycles. The lowest BCUT2D eigenvalue weighted by molar-refractivity contribution is 0.102. The summed E-state index contributed by atoms with van der Waals surface area (Å²) in [6.45, 7) is 0. The van der Waals surface area contributed by atoms with Crippen molar-refractivity contribution in [1.82, 2.24) is 10.2 Å². The second-order valence-corrected chi connectivity index (χ2v) is 5.41. The van der Waals surface area contributed by atoms with E-state index in [1.165, 1.54) is 24.3 Å². The van der Waals surface area contributed by atoms with Crippen molar-refractivity contribution in [3.63, 3.8) is 0 Å². The van der Waals surface area contributed by atoms with E-state index in [2.05, 4.69) is 15.5 Å². The van der Waals surface area contributed by atoms with E-state index >= 15 is 0 Å². The van der Waals surface area contributed by atoms with E-state index in [-0.39, 0.29) is 17.4 Å². The number of H-pyrrole nitrogens is 1. The molecule has 0 aliphatic heterocycles. The minimum atomic E-state index is -0.388. The molecule has 2 N–H and O–H groups in total. The molecule has 1 heterocycles. The van der Waals surface area contributed by atoms with Crippen LogP contribution >= 0.6 is 11.6 Å². The third-order valence-corrected chi connectivity index (χ3v) is 3.60. The van der Waals surface area contributed by atoms with E-state index in [1.54, 1.807) is 31.4 Å². The summed E-state index contributed by atoms with van der Waals surface area (Å²) in [5.41, 5.74) is 1.94. The van der Waals surface area contributed by atoms with Gasteiger partial charge in [0.2, 0.25) is 0 Å². The molecule has 3 aromatic rings. The van der Waals surface area contributed by atoms with Crippen LogP contribution in [0.4, 0.5) is 10.1 Å². The van der Waals surface area contributed by atoms with Gasteiger partial charge in [-0.05, 0) is 48.5 Å². The maximum absolute atomic E-state index is 12.9. The highest BCUT2D eigenvalue weighted by Gasteiger charge is 2.14. The highest BCUT2D eigenvalue weighted by Crippen LogP contribution is 2.31. The van der Waals surface area contributed by atoms with Crippen LogP contribution in [0, 0.1) is 5.82 Å². The first-order chi connectivity index (χ1) is 11.6. The SMILES string of the molecule is COc1ccc(Cl)cc1-c1cc(C(=O)Nc2ccc(F)cc2)[nH]n1. The molecule has 0 radical (unpaired) electrons. The van der Waals surface area contributed by atoms with E-state index in [0.29, 0.717) is 27.7 Å². The Morgan fingerprint density at radius 1 is 1.21 bits per heavy atom. The lowest BCUT2D eigenvalue weighted by Gasteiger charge is -2.06. The predicted molar refractivity (Wildman–Crippen MR) is 89.9 cm³/mol. The fourth-order valence-corrected chi connectivity index (χ4v) is 2.36. The van der Waals surface area contributed by atoms with Crippen molar-refractivity contribution in [2.24, 2.45) is 0 Å². The van der Waals surface area contributed by atoms with Crippen molar-refractivity contribution in [3.8, 4) is 17.0 Å². The Labute approximate surface area is 142 Å². The van der Waals surface area contributed by atoms with Gasteiger partial charge >= 0.3 is 0 Å². The second-order valence-electron chi connectivity index (χ2n) is 4.97. The van der Waals surface area contributed by atoms with Crippen LogP contribution in [-0.2, 0) is 0 Å². The van der Waals surface area contributed by atoms with Crippen molar-refractivity contribution < 1.29 is 13.9 Å². The summed E-state index contributed by atoms with van der Waals surface area (Å²) >= 11 is 6.01. The number of halogens is 2. The van der Waals surface area contributed by atoms with Crippen LogP contribution in [0.1, 0.15) is 10.5 Å². The number of aromatic nitrogens is 2. The number of carbonyl (C=O) groups excluding carboxylic acids is 1. The number of benzene rings is 2. The highest BCUT2D eigenvalue weighted by molar-refractivity contribution is 6.31. The molecular weight excluding hydrogens is 333 g/mol. The summed E-state index contributed by atoms with van der Waals surface area (Å²) in [7, 11) is 1.54. The Morgan fingerprint density at radius 2 is 1.96 bits per heavy atom. The van der Waals surface area contributed by atoms with Crippen molar-refractivity contribution in [1.29, 1.82) is 0 Å². The molecule has 1 aromatic heterocycles. The Kier molecular flexibility index (Phi) is 4.48. The number of nitrogens with one attached hydrogen (secondary N) is 2. The normalized spacial score (nSPS) is 10.5. The van der Waals surface area contributed by atoms with Gasteiger partial charge in [-0.25, -0.2) is 4.39 Å². The zero-order valence-electron chi connectivity index (χ0n) is 12.6. The first kappa shape index (κ1) is 16.0. The predicted octanol–water partition coefficient (Wildman–Crippen LogP) is 4.13. The van der Waals surface area contributed by atoms with E-state index in [0.717, 1.165) is 0 Å². The number of methoxy groups -OCH3 is 1. The van der Waals surface area contributed by atoms with Gasteiger partial charge in [-0.15, -0.1) is 0 Å². The molecular formula is C17H13ClFN3O2. The van der Waals surface area contributed by atoms with Crippen LogP contribution < -0.4 is 10.1 Å². The zero-order chi connectivity index (χ0) is 17.1. The van der Waals surface area contributed by atoms with Crippen molar-refractivity contribution >= 4 is 23.2 Å². The van der Waals surface area contributed by atoms with Crippen LogP contribution in [0.3, 0.4) is 0 Å². The van der Waals surface area contributed by atoms with E-state index in [9.17, 15) is 9.18 Å². The maximum atomic E-state index is 12.9. The van der Waals surface area contributed by atoms with Crippen LogP contribution in [0.15, 0.2) is 48.5 Å². The Balaban J connectivity index is 1.84. The number of hydrogen-bond donors (Lipinski definition) is 2. The molecule has 24 heavy (non-hydrogen) atoms. The fraction of sp³-hybridized carbons (Fsp3) is 0.0588. The number of nitrogens with zero attached hydrogens (tertiary/aromatic N) is 1. The molecule has 5 nitrogen and oxygen atoms in total. The number of amides is 1. The molecule has 0 bridgehead atoms. The third-order valence-electron chi connectivity index (χ3n) is 3.36. The van der Waals surface area contributed by atoms with Gasteiger partial charge in [0.25, 0.3) is 5.91 Å². The van der Waals surface area contributed by atoms with Crippen molar-refractivity contribution in [2.45, 2.75) is 0 Å². The fourth-order valence-electron chi connectivity index (χ4n) is 2.19. The lowest BCUT2D eigenvalue weighted by atomic mass is 10.1. The lowest BCUT2D eigenvalue weighted by Crippen LogP contribution is -2.12. The molecule has 7 heteroatoms. The first-order valence-corrected chi connectivity index (χ1v) is 7.41. The molecule has 2 aromatic carbocycles. The quantitative estimate of drug-likeness (QED) is 0.747. The average Bonchev–Trinajstić information content (AvgIpc) is 3.07. The highest BCUT2D eigenvalue weighted by atomic mass is 35.5. The molecule has 3 rings (SSSR count). The van der Waals surface area contributed by atoms with Gasteiger partial charge < -0.3 is 10.1 Å². The first-order valence-electron chi connectivity index (χ1n) is 7.03. The smallest absolute Gasteiger partial charge is 0.273 e. The number of aromatic amines is 1. The van der Waals surface area contributed by atoms with Crippen molar-refractivity contribution in [3.05, 3.63) is 65.1 Å². The molecule has 0 fully saturated rings. The standard InChI is InChI=1S/C17H13ClFN3O2/c1-24-16-7-2-10(18)8-13(16)14-9-15(22-21-14)17(23)20-12-5-3-11(19)4-6-12/h2-9H,1H3,(H,20,23)(H,21,22). The van der Waals surface area contributed by atoms with Crippen molar-refractivity contribution in [2.75, 3.05) is 12.4 Å². The molecule has 0 unspecified atom stereocenters.